The van der Waals surface area contributed by atoms with E-state index in [9.17, 15) is 4.79 Å². The first-order valence-corrected chi connectivity index (χ1v) is 12.0. The molecular formula is C27H33N3O+2. The maximum Gasteiger partial charge on any atom is 0.250 e. The highest BCUT2D eigenvalue weighted by Crippen LogP contribution is 2.37. The molecule has 0 amide bonds. The van der Waals surface area contributed by atoms with Gasteiger partial charge in [0.2, 0.25) is 0 Å². The molecule has 1 unspecified atom stereocenters. The summed E-state index contributed by atoms with van der Waals surface area (Å²) in [6.07, 6.45) is 3.94. The van der Waals surface area contributed by atoms with E-state index in [0.29, 0.717) is 11.8 Å². The van der Waals surface area contributed by atoms with Crippen LogP contribution in [-0.4, -0.2) is 43.8 Å². The number of fused-ring (bicyclic) bond motifs is 5. The third kappa shape index (κ3) is 3.42. The van der Waals surface area contributed by atoms with Crippen molar-refractivity contribution in [1.29, 1.82) is 0 Å². The van der Waals surface area contributed by atoms with Crippen LogP contribution in [-0.2, 0) is 6.54 Å². The molecule has 2 saturated heterocycles. The number of nitrogens with zero attached hydrogens (tertiary/aromatic N) is 1. The van der Waals surface area contributed by atoms with Gasteiger partial charge in [0.15, 0.2) is 0 Å². The van der Waals surface area contributed by atoms with Gasteiger partial charge < -0.3 is 14.4 Å². The number of rotatable bonds is 2. The molecule has 31 heavy (non-hydrogen) atoms. The number of likely N-dealkylation sites (tertiary alicyclic amines) is 2. The Morgan fingerprint density at radius 2 is 1.74 bits per heavy atom. The Morgan fingerprint density at radius 3 is 2.58 bits per heavy atom. The summed E-state index contributed by atoms with van der Waals surface area (Å²) in [6.45, 7) is 5.94. The van der Waals surface area contributed by atoms with E-state index in [-0.39, 0.29) is 5.56 Å². The molecule has 1 aromatic heterocycles. The van der Waals surface area contributed by atoms with Crippen molar-refractivity contribution in [3.63, 3.8) is 0 Å². The van der Waals surface area contributed by atoms with Gasteiger partial charge in [-0.15, -0.1) is 0 Å². The highest BCUT2D eigenvalue weighted by atomic mass is 16.1. The maximum atomic E-state index is 12.9. The van der Waals surface area contributed by atoms with Gasteiger partial charge in [0.1, 0.15) is 0 Å². The van der Waals surface area contributed by atoms with Crippen LogP contribution in [0.4, 0.5) is 0 Å². The van der Waals surface area contributed by atoms with Crippen LogP contribution >= 0.6 is 0 Å². The Bertz CT molecular complexity index is 1170. The molecule has 0 saturated carbocycles. The van der Waals surface area contributed by atoms with Crippen LogP contribution in [0.2, 0.25) is 0 Å². The van der Waals surface area contributed by atoms with Crippen molar-refractivity contribution >= 4 is 10.8 Å². The van der Waals surface area contributed by atoms with Crippen molar-refractivity contribution in [3.05, 3.63) is 70.6 Å². The summed E-state index contributed by atoms with van der Waals surface area (Å²) in [5.74, 6) is 1.13. The molecule has 2 bridgehead atoms. The molecule has 3 aliphatic heterocycles. The van der Waals surface area contributed by atoms with E-state index in [1.54, 1.807) is 15.9 Å². The first kappa shape index (κ1) is 19.3. The molecule has 4 nitrogen and oxygen atoms in total. The molecule has 160 valence electrons. The van der Waals surface area contributed by atoms with Crippen LogP contribution in [0.3, 0.4) is 0 Å². The highest BCUT2D eigenvalue weighted by molar-refractivity contribution is 5.87. The highest BCUT2D eigenvalue weighted by Gasteiger charge is 2.42. The summed E-state index contributed by atoms with van der Waals surface area (Å²) in [5.41, 5.74) is 3.99. The second kappa shape index (κ2) is 7.61. The molecule has 3 aromatic rings. The molecule has 2 N–H and O–H groups in total. The Kier molecular flexibility index (Phi) is 4.73. The summed E-state index contributed by atoms with van der Waals surface area (Å²) in [4.78, 5) is 16.4. The standard InChI is InChI=1S/C27H31N3O/c1-28-12-10-24(11-13-28)29-16-19-14-23(18-29)27-25(8-9-26(31)30(27)17-19)22-7-6-20-4-2-3-5-21(20)15-22/h2-9,15,19,23-24H,10-14,16-18H2,1H3/p+2/t19-,23+/m0/s1. The van der Waals surface area contributed by atoms with Crippen LogP contribution in [0.25, 0.3) is 21.9 Å². The van der Waals surface area contributed by atoms with E-state index >= 15 is 0 Å². The molecule has 3 aliphatic rings. The predicted molar refractivity (Wildman–Crippen MR) is 125 cm³/mol. The lowest BCUT2D eigenvalue weighted by molar-refractivity contribution is -0.959. The normalized spacial score (nSPS) is 30.2. The minimum Gasteiger partial charge on any atom is -0.337 e. The minimum absolute atomic E-state index is 0.181. The van der Waals surface area contributed by atoms with Crippen molar-refractivity contribution < 1.29 is 9.80 Å². The first-order valence-electron chi connectivity index (χ1n) is 12.0. The van der Waals surface area contributed by atoms with Gasteiger partial charge in [-0.2, -0.15) is 0 Å². The molecular weight excluding hydrogens is 382 g/mol. The van der Waals surface area contributed by atoms with E-state index in [2.05, 4.69) is 60.1 Å². The number of benzene rings is 2. The fraction of sp³-hybridized carbons (Fsp3) is 0.444. The number of piperidine rings is 2. The number of aromatic nitrogens is 1. The monoisotopic (exact) mass is 415 g/mol. The van der Waals surface area contributed by atoms with Crippen LogP contribution < -0.4 is 15.4 Å². The number of hydrogen-bond donors (Lipinski definition) is 2. The van der Waals surface area contributed by atoms with Crippen LogP contribution in [0.1, 0.15) is 30.9 Å². The molecule has 0 aliphatic carbocycles. The van der Waals surface area contributed by atoms with E-state index in [0.717, 1.165) is 12.6 Å². The smallest absolute Gasteiger partial charge is 0.250 e. The third-order valence-corrected chi connectivity index (χ3v) is 8.21. The Labute approximate surface area is 184 Å². The van der Waals surface area contributed by atoms with Gasteiger partial charge in [0.25, 0.3) is 5.56 Å². The second-order valence-electron chi connectivity index (χ2n) is 10.2. The molecule has 2 aromatic carbocycles. The van der Waals surface area contributed by atoms with Crippen LogP contribution in [0.15, 0.2) is 59.4 Å². The Hall–Kier alpha value is -2.43. The first-order chi connectivity index (χ1) is 15.2. The number of quaternary nitrogens is 2. The zero-order valence-electron chi connectivity index (χ0n) is 18.4. The second-order valence-corrected chi connectivity index (χ2v) is 10.2. The zero-order valence-corrected chi connectivity index (χ0v) is 18.4. The molecule has 0 radical (unpaired) electrons. The van der Waals surface area contributed by atoms with Gasteiger partial charge in [-0.3, -0.25) is 4.79 Å². The summed E-state index contributed by atoms with van der Waals surface area (Å²) >= 11 is 0. The Balaban J connectivity index is 1.39. The summed E-state index contributed by atoms with van der Waals surface area (Å²) in [6, 6.07) is 20.0. The van der Waals surface area contributed by atoms with Crippen molar-refractivity contribution in [3.8, 4) is 11.1 Å². The number of nitrogens with one attached hydrogen (secondary N) is 2. The topological polar surface area (TPSA) is 30.9 Å². The Morgan fingerprint density at radius 1 is 0.935 bits per heavy atom. The lowest BCUT2D eigenvalue weighted by atomic mass is 9.79. The molecule has 3 atom stereocenters. The van der Waals surface area contributed by atoms with Crippen LogP contribution in [0, 0.1) is 5.92 Å². The lowest BCUT2D eigenvalue weighted by Gasteiger charge is -2.44. The SMILES string of the molecule is C[NH+]1CCC([NH+]2C[C@@H]3C[C@H](C2)c2c(-c4ccc5ccccc5c4)ccc(=O)n2C3)CC1. The van der Waals surface area contributed by atoms with Gasteiger partial charge in [0.05, 0.1) is 39.3 Å². The van der Waals surface area contributed by atoms with E-state index < -0.39 is 0 Å². The van der Waals surface area contributed by atoms with Crippen molar-refractivity contribution in [2.75, 3.05) is 33.2 Å². The fourth-order valence-corrected chi connectivity index (χ4v) is 6.62. The maximum absolute atomic E-state index is 12.9. The third-order valence-electron chi connectivity index (χ3n) is 8.21. The number of hydrogen-bond acceptors (Lipinski definition) is 1. The average molecular weight is 416 g/mol. The summed E-state index contributed by atoms with van der Waals surface area (Å²) < 4.78 is 2.12. The van der Waals surface area contributed by atoms with Crippen molar-refractivity contribution in [1.82, 2.24) is 4.57 Å². The molecule has 4 heteroatoms. The zero-order chi connectivity index (χ0) is 20.9. The summed E-state index contributed by atoms with van der Waals surface area (Å²) in [5, 5.41) is 2.54. The largest absolute Gasteiger partial charge is 0.337 e. The predicted octanol–water partition coefficient (Wildman–Crippen LogP) is 1.35. The van der Waals surface area contributed by atoms with Crippen LogP contribution in [0.5, 0.6) is 0 Å². The van der Waals surface area contributed by atoms with Gasteiger partial charge in [-0.1, -0.05) is 36.4 Å². The average Bonchev–Trinajstić information content (AvgIpc) is 2.80. The minimum atomic E-state index is 0.181. The van der Waals surface area contributed by atoms with E-state index in [4.69, 9.17) is 0 Å². The lowest BCUT2D eigenvalue weighted by Crippen LogP contribution is -3.21. The summed E-state index contributed by atoms with van der Waals surface area (Å²) in [7, 11) is 2.33. The van der Waals surface area contributed by atoms with Gasteiger partial charge >= 0.3 is 0 Å². The van der Waals surface area contributed by atoms with Gasteiger partial charge in [-0.05, 0) is 34.9 Å². The number of pyridine rings is 1. The molecule has 0 spiro atoms. The van der Waals surface area contributed by atoms with E-state index in [1.165, 1.54) is 73.0 Å². The van der Waals surface area contributed by atoms with Gasteiger partial charge in [0, 0.05) is 48.5 Å². The van der Waals surface area contributed by atoms with Crippen molar-refractivity contribution in [2.24, 2.45) is 5.92 Å². The van der Waals surface area contributed by atoms with Gasteiger partial charge in [-0.25, -0.2) is 0 Å². The molecule has 4 heterocycles. The van der Waals surface area contributed by atoms with E-state index in [1.807, 2.05) is 0 Å². The fourth-order valence-electron chi connectivity index (χ4n) is 6.62. The molecule has 6 rings (SSSR count). The van der Waals surface area contributed by atoms with Crippen molar-refractivity contribution in [2.45, 2.75) is 37.8 Å². The quantitative estimate of drug-likeness (QED) is 0.651. The molecule has 2 fully saturated rings.